The zero-order valence-corrected chi connectivity index (χ0v) is 18.9. The van der Waals surface area contributed by atoms with Gasteiger partial charge in [-0.05, 0) is 38.3 Å². The van der Waals surface area contributed by atoms with E-state index in [0.29, 0.717) is 31.7 Å². The lowest BCUT2D eigenvalue weighted by Gasteiger charge is -2.30. The summed E-state index contributed by atoms with van der Waals surface area (Å²) in [5.74, 6) is -0.0535. The highest BCUT2D eigenvalue weighted by Crippen LogP contribution is 2.29. The first-order valence-electron chi connectivity index (χ1n) is 10.3. The highest BCUT2D eigenvalue weighted by Gasteiger charge is 2.35. The average Bonchev–Trinajstić information content (AvgIpc) is 3.14. The molecule has 0 atom stereocenters. The molecular formula is C22H29N3O5S. The Kier molecular flexibility index (Phi) is 7.64. The Balaban J connectivity index is 1.71. The summed E-state index contributed by atoms with van der Waals surface area (Å²) >= 11 is 0. The van der Waals surface area contributed by atoms with Gasteiger partial charge in [-0.2, -0.15) is 4.31 Å². The molecule has 1 aliphatic heterocycles. The summed E-state index contributed by atoms with van der Waals surface area (Å²) in [6.07, 6.45) is 4.37. The van der Waals surface area contributed by atoms with Crippen molar-refractivity contribution in [3.05, 3.63) is 46.8 Å². The smallest absolute Gasteiger partial charge is 0.248 e. The van der Waals surface area contributed by atoms with E-state index in [1.165, 1.54) is 4.31 Å². The van der Waals surface area contributed by atoms with Crippen LogP contribution < -0.4 is 5.32 Å². The number of amides is 1. The predicted octanol–water partition coefficient (Wildman–Crippen LogP) is 2.63. The summed E-state index contributed by atoms with van der Waals surface area (Å²) < 4.78 is 38.3. The molecule has 1 aliphatic rings. The van der Waals surface area contributed by atoms with E-state index in [1.54, 1.807) is 26.2 Å². The van der Waals surface area contributed by atoms with Gasteiger partial charge >= 0.3 is 0 Å². The van der Waals surface area contributed by atoms with Crippen LogP contribution in [0.4, 0.5) is 0 Å². The highest BCUT2D eigenvalue weighted by molar-refractivity contribution is 7.89. The number of ether oxygens (including phenoxy) is 1. The van der Waals surface area contributed by atoms with Gasteiger partial charge in [-0.15, -0.1) is 0 Å². The number of carbonyl (C=O) groups excluding carboxylic acids is 1. The SMILES string of the molecule is COCCNC(=O)C1CCN(S(=O)(=O)c2c(C)noc2C=Cc2ccc(C)cc2)CC1. The number of aryl methyl sites for hydroxylation is 2. The molecule has 1 aromatic heterocycles. The van der Waals surface area contributed by atoms with Crippen molar-refractivity contribution in [2.75, 3.05) is 33.4 Å². The van der Waals surface area contributed by atoms with E-state index in [2.05, 4.69) is 10.5 Å². The Morgan fingerprint density at radius 2 is 1.90 bits per heavy atom. The van der Waals surface area contributed by atoms with Crippen molar-refractivity contribution in [2.45, 2.75) is 31.6 Å². The molecule has 31 heavy (non-hydrogen) atoms. The van der Waals surface area contributed by atoms with Crippen LogP contribution in [-0.4, -0.2) is 57.1 Å². The molecule has 168 valence electrons. The number of rotatable bonds is 8. The third-order valence-corrected chi connectivity index (χ3v) is 7.42. The number of methoxy groups -OCH3 is 1. The lowest BCUT2D eigenvalue weighted by atomic mass is 9.97. The van der Waals surface area contributed by atoms with Crippen LogP contribution in [0.15, 0.2) is 33.7 Å². The minimum absolute atomic E-state index is 0.0584. The van der Waals surface area contributed by atoms with Crippen molar-refractivity contribution < 1.29 is 22.5 Å². The van der Waals surface area contributed by atoms with Gasteiger partial charge in [0.1, 0.15) is 5.69 Å². The third kappa shape index (κ3) is 5.61. The fourth-order valence-corrected chi connectivity index (χ4v) is 5.28. The van der Waals surface area contributed by atoms with Gasteiger partial charge in [-0.25, -0.2) is 8.42 Å². The van der Waals surface area contributed by atoms with Gasteiger partial charge in [-0.3, -0.25) is 4.79 Å². The molecule has 0 unspecified atom stereocenters. The second kappa shape index (κ2) is 10.2. The predicted molar refractivity (Wildman–Crippen MR) is 118 cm³/mol. The zero-order chi connectivity index (χ0) is 22.4. The topological polar surface area (TPSA) is 102 Å². The fourth-order valence-electron chi connectivity index (χ4n) is 3.56. The molecule has 8 nitrogen and oxygen atoms in total. The lowest BCUT2D eigenvalue weighted by molar-refractivity contribution is -0.126. The summed E-state index contributed by atoms with van der Waals surface area (Å²) in [6, 6.07) is 7.87. The molecule has 9 heteroatoms. The zero-order valence-electron chi connectivity index (χ0n) is 18.1. The minimum Gasteiger partial charge on any atom is -0.383 e. The van der Waals surface area contributed by atoms with E-state index >= 15 is 0 Å². The Morgan fingerprint density at radius 3 is 2.55 bits per heavy atom. The van der Waals surface area contributed by atoms with Crippen molar-refractivity contribution in [3.63, 3.8) is 0 Å². The number of hydrogen-bond donors (Lipinski definition) is 1. The van der Waals surface area contributed by atoms with Crippen LogP contribution >= 0.6 is 0 Å². The molecule has 0 saturated carbocycles. The van der Waals surface area contributed by atoms with Gasteiger partial charge in [0.15, 0.2) is 10.7 Å². The van der Waals surface area contributed by atoms with Crippen LogP contribution in [-0.2, 0) is 19.6 Å². The van der Waals surface area contributed by atoms with Crippen molar-refractivity contribution in [1.29, 1.82) is 0 Å². The minimum atomic E-state index is -3.79. The second-order valence-electron chi connectivity index (χ2n) is 7.67. The molecule has 1 saturated heterocycles. The number of piperidine rings is 1. The number of carbonyl (C=O) groups is 1. The summed E-state index contributed by atoms with van der Waals surface area (Å²) in [4.78, 5) is 12.3. The van der Waals surface area contributed by atoms with Gasteiger partial charge in [0.05, 0.1) is 6.61 Å². The average molecular weight is 448 g/mol. The standard InChI is InChI=1S/C22H29N3O5S/c1-16-4-6-18(7-5-16)8-9-20-21(17(2)24-30-20)31(27,28)25-13-10-19(11-14-25)22(26)23-12-15-29-3/h4-9,19H,10-15H2,1-3H3,(H,23,26). The largest absolute Gasteiger partial charge is 0.383 e. The van der Waals surface area contributed by atoms with E-state index < -0.39 is 10.0 Å². The number of aromatic nitrogens is 1. The first kappa shape index (κ1) is 23.2. The summed E-state index contributed by atoms with van der Waals surface area (Å²) in [6.45, 7) is 5.07. The van der Waals surface area contributed by atoms with Crippen LogP contribution in [0.3, 0.4) is 0 Å². The molecule has 0 radical (unpaired) electrons. The van der Waals surface area contributed by atoms with Crippen LogP contribution in [0.5, 0.6) is 0 Å². The Labute approximate surface area is 183 Å². The molecule has 2 aromatic rings. The third-order valence-electron chi connectivity index (χ3n) is 5.37. The normalized spacial score (nSPS) is 16.1. The highest BCUT2D eigenvalue weighted by atomic mass is 32.2. The first-order chi connectivity index (χ1) is 14.8. The second-order valence-corrected chi connectivity index (χ2v) is 9.54. The van der Waals surface area contributed by atoms with Gasteiger partial charge in [0.25, 0.3) is 0 Å². The van der Waals surface area contributed by atoms with E-state index in [-0.39, 0.29) is 35.6 Å². The molecule has 1 amide bonds. The first-order valence-corrected chi connectivity index (χ1v) is 11.7. The lowest BCUT2D eigenvalue weighted by Crippen LogP contribution is -2.43. The van der Waals surface area contributed by atoms with Crippen LogP contribution in [0.25, 0.3) is 12.2 Å². The number of hydrogen-bond acceptors (Lipinski definition) is 6. The molecular weight excluding hydrogens is 418 g/mol. The quantitative estimate of drug-likeness (QED) is 0.624. The van der Waals surface area contributed by atoms with E-state index in [9.17, 15) is 13.2 Å². The molecule has 0 spiro atoms. The summed E-state index contributed by atoms with van der Waals surface area (Å²) in [5, 5.41) is 6.70. The van der Waals surface area contributed by atoms with Crippen LogP contribution in [0, 0.1) is 19.8 Å². The molecule has 0 aliphatic carbocycles. The summed E-state index contributed by atoms with van der Waals surface area (Å²) in [7, 11) is -2.21. The number of nitrogens with one attached hydrogen (secondary N) is 1. The molecule has 0 bridgehead atoms. The van der Waals surface area contributed by atoms with E-state index in [0.717, 1.165) is 11.1 Å². The Hall–Kier alpha value is -2.49. The maximum Gasteiger partial charge on any atom is 0.248 e. The van der Waals surface area contributed by atoms with Gasteiger partial charge < -0.3 is 14.6 Å². The van der Waals surface area contributed by atoms with Crippen LogP contribution in [0.2, 0.25) is 0 Å². The molecule has 3 rings (SSSR count). The molecule has 1 N–H and O–H groups in total. The molecule has 2 heterocycles. The Morgan fingerprint density at radius 1 is 1.23 bits per heavy atom. The maximum atomic E-state index is 13.3. The van der Waals surface area contributed by atoms with E-state index in [4.69, 9.17) is 9.26 Å². The van der Waals surface area contributed by atoms with Crippen LogP contribution in [0.1, 0.15) is 35.4 Å². The number of benzene rings is 1. The molecule has 1 fully saturated rings. The monoisotopic (exact) mass is 447 g/mol. The van der Waals surface area contributed by atoms with Gasteiger partial charge in [0, 0.05) is 32.7 Å². The van der Waals surface area contributed by atoms with Crippen molar-refractivity contribution in [1.82, 2.24) is 14.8 Å². The van der Waals surface area contributed by atoms with E-state index in [1.807, 2.05) is 31.2 Å². The number of nitrogens with zero attached hydrogens (tertiary/aromatic N) is 2. The fraction of sp³-hybridized carbons (Fsp3) is 0.455. The number of sulfonamides is 1. The maximum absolute atomic E-state index is 13.3. The van der Waals surface area contributed by atoms with Gasteiger partial charge in [-0.1, -0.05) is 41.1 Å². The van der Waals surface area contributed by atoms with Crippen molar-refractivity contribution in [3.8, 4) is 0 Å². The summed E-state index contributed by atoms with van der Waals surface area (Å²) in [5.41, 5.74) is 2.40. The van der Waals surface area contributed by atoms with Crippen molar-refractivity contribution in [2.24, 2.45) is 5.92 Å². The Bertz CT molecular complexity index is 1020. The van der Waals surface area contributed by atoms with Gasteiger partial charge in [0.2, 0.25) is 15.9 Å². The van der Waals surface area contributed by atoms with Crippen molar-refractivity contribution >= 4 is 28.1 Å². The molecule has 1 aromatic carbocycles.